The van der Waals surface area contributed by atoms with Crippen LogP contribution in [0.1, 0.15) is 32.6 Å². The fraction of sp³-hybridized carbons (Fsp3) is 0.188. The van der Waals surface area contributed by atoms with Gasteiger partial charge in [0.05, 0.1) is 0 Å². The highest BCUT2D eigenvalue weighted by Gasteiger charge is 2.14. The van der Waals surface area contributed by atoms with Gasteiger partial charge in [0.1, 0.15) is 0 Å². The van der Waals surface area contributed by atoms with E-state index in [0.29, 0.717) is 5.56 Å². The SMILES string of the molecule is Cc1ccc(C(=O)c2cc(C)ccc2C)c(Br)c1. The van der Waals surface area contributed by atoms with Crippen molar-refractivity contribution < 1.29 is 4.79 Å². The number of halogens is 1. The zero-order chi connectivity index (χ0) is 13.3. The number of ketones is 1. The van der Waals surface area contributed by atoms with E-state index in [9.17, 15) is 4.79 Å². The van der Waals surface area contributed by atoms with E-state index in [1.807, 2.05) is 57.2 Å². The fourth-order valence-corrected chi connectivity index (χ4v) is 2.60. The summed E-state index contributed by atoms with van der Waals surface area (Å²) < 4.78 is 0.855. The lowest BCUT2D eigenvalue weighted by molar-refractivity contribution is 0.103. The van der Waals surface area contributed by atoms with Gasteiger partial charge in [-0.25, -0.2) is 0 Å². The molecule has 2 rings (SSSR count). The average Bonchev–Trinajstić information content (AvgIpc) is 2.31. The van der Waals surface area contributed by atoms with Crippen molar-refractivity contribution in [2.75, 3.05) is 0 Å². The number of benzene rings is 2. The Labute approximate surface area is 116 Å². The van der Waals surface area contributed by atoms with E-state index in [1.165, 1.54) is 0 Å². The van der Waals surface area contributed by atoms with E-state index in [0.717, 1.165) is 26.7 Å². The van der Waals surface area contributed by atoms with Crippen molar-refractivity contribution in [2.24, 2.45) is 0 Å². The molecule has 0 aliphatic heterocycles. The van der Waals surface area contributed by atoms with Crippen LogP contribution in [0.4, 0.5) is 0 Å². The molecule has 0 heterocycles. The number of hydrogen-bond donors (Lipinski definition) is 0. The number of carbonyl (C=O) groups excluding carboxylic acids is 1. The summed E-state index contributed by atoms with van der Waals surface area (Å²) in [4.78, 5) is 12.5. The van der Waals surface area contributed by atoms with Gasteiger partial charge in [0, 0.05) is 15.6 Å². The van der Waals surface area contributed by atoms with Crippen LogP contribution in [-0.2, 0) is 0 Å². The van der Waals surface area contributed by atoms with Gasteiger partial charge in [0.2, 0.25) is 0 Å². The van der Waals surface area contributed by atoms with Gasteiger partial charge >= 0.3 is 0 Å². The molecule has 0 saturated carbocycles. The predicted octanol–water partition coefficient (Wildman–Crippen LogP) is 4.61. The summed E-state index contributed by atoms with van der Waals surface area (Å²) >= 11 is 3.47. The van der Waals surface area contributed by atoms with Crippen LogP contribution in [0, 0.1) is 20.8 Å². The minimum Gasteiger partial charge on any atom is -0.289 e. The van der Waals surface area contributed by atoms with Crippen LogP contribution in [0.2, 0.25) is 0 Å². The quantitative estimate of drug-likeness (QED) is 0.741. The molecule has 0 aliphatic carbocycles. The van der Waals surface area contributed by atoms with Gasteiger partial charge in [-0.15, -0.1) is 0 Å². The highest BCUT2D eigenvalue weighted by Crippen LogP contribution is 2.23. The molecule has 2 aromatic carbocycles. The van der Waals surface area contributed by atoms with Crippen LogP contribution in [0.5, 0.6) is 0 Å². The van der Waals surface area contributed by atoms with E-state index < -0.39 is 0 Å². The summed E-state index contributed by atoms with van der Waals surface area (Å²) in [6.45, 7) is 5.98. The second-order valence-corrected chi connectivity index (χ2v) is 5.49. The monoisotopic (exact) mass is 302 g/mol. The Kier molecular flexibility index (Phi) is 3.67. The molecule has 0 spiro atoms. The Morgan fingerprint density at radius 3 is 2.17 bits per heavy atom. The second kappa shape index (κ2) is 5.07. The van der Waals surface area contributed by atoms with Crippen molar-refractivity contribution in [3.05, 3.63) is 68.7 Å². The lowest BCUT2D eigenvalue weighted by Crippen LogP contribution is -2.05. The topological polar surface area (TPSA) is 17.1 Å². The van der Waals surface area contributed by atoms with Gasteiger partial charge in [-0.2, -0.15) is 0 Å². The largest absolute Gasteiger partial charge is 0.289 e. The van der Waals surface area contributed by atoms with Crippen LogP contribution in [0.15, 0.2) is 40.9 Å². The second-order valence-electron chi connectivity index (χ2n) is 4.63. The lowest BCUT2D eigenvalue weighted by Gasteiger charge is -2.08. The van der Waals surface area contributed by atoms with E-state index in [-0.39, 0.29) is 5.78 Å². The van der Waals surface area contributed by atoms with Crippen LogP contribution < -0.4 is 0 Å². The summed E-state index contributed by atoms with van der Waals surface area (Å²) in [6, 6.07) is 11.8. The Morgan fingerprint density at radius 2 is 1.50 bits per heavy atom. The van der Waals surface area contributed by atoms with Gasteiger partial charge < -0.3 is 0 Å². The van der Waals surface area contributed by atoms with Crippen molar-refractivity contribution in [1.29, 1.82) is 0 Å². The first-order valence-electron chi connectivity index (χ1n) is 5.87. The molecule has 0 radical (unpaired) electrons. The first-order chi connectivity index (χ1) is 8.49. The third kappa shape index (κ3) is 2.54. The van der Waals surface area contributed by atoms with E-state index >= 15 is 0 Å². The van der Waals surface area contributed by atoms with Crippen LogP contribution in [0.3, 0.4) is 0 Å². The number of carbonyl (C=O) groups is 1. The summed E-state index contributed by atoms with van der Waals surface area (Å²) in [5.41, 5.74) is 4.75. The molecule has 2 aromatic rings. The van der Waals surface area contributed by atoms with Crippen molar-refractivity contribution in [3.8, 4) is 0 Å². The first kappa shape index (κ1) is 13.0. The summed E-state index contributed by atoms with van der Waals surface area (Å²) in [5, 5.41) is 0. The third-order valence-electron chi connectivity index (χ3n) is 3.01. The van der Waals surface area contributed by atoms with Crippen molar-refractivity contribution in [2.45, 2.75) is 20.8 Å². The number of aryl methyl sites for hydroxylation is 3. The molecule has 1 nitrogen and oxygen atoms in total. The van der Waals surface area contributed by atoms with Gasteiger partial charge in [-0.1, -0.05) is 39.7 Å². The van der Waals surface area contributed by atoms with Gasteiger partial charge in [0.25, 0.3) is 0 Å². The normalized spacial score (nSPS) is 10.4. The highest BCUT2D eigenvalue weighted by molar-refractivity contribution is 9.10. The molecule has 92 valence electrons. The molecular weight excluding hydrogens is 288 g/mol. The van der Waals surface area contributed by atoms with Crippen molar-refractivity contribution >= 4 is 21.7 Å². The standard InChI is InChI=1S/C16H15BrO/c1-10-4-6-12(3)14(8-10)16(18)13-7-5-11(2)9-15(13)17/h4-9H,1-3H3. The molecule has 0 aliphatic rings. The van der Waals surface area contributed by atoms with Crippen molar-refractivity contribution in [1.82, 2.24) is 0 Å². The molecule has 0 amide bonds. The number of hydrogen-bond acceptors (Lipinski definition) is 1. The van der Waals surface area contributed by atoms with Crippen LogP contribution in [-0.4, -0.2) is 5.78 Å². The molecule has 2 heteroatoms. The molecule has 0 N–H and O–H groups in total. The first-order valence-corrected chi connectivity index (χ1v) is 6.66. The fourth-order valence-electron chi connectivity index (χ4n) is 1.93. The molecular formula is C16H15BrO. The van der Waals surface area contributed by atoms with Gasteiger partial charge in [0.15, 0.2) is 5.78 Å². The van der Waals surface area contributed by atoms with Gasteiger partial charge in [-0.3, -0.25) is 4.79 Å². The van der Waals surface area contributed by atoms with Crippen molar-refractivity contribution in [3.63, 3.8) is 0 Å². The maximum Gasteiger partial charge on any atom is 0.194 e. The zero-order valence-electron chi connectivity index (χ0n) is 10.8. The smallest absolute Gasteiger partial charge is 0.194 e. The average molecular weight is 303 g/mol. The summed E-state index contributed by atoms with van der Waals surface area (Å²) in [5.74, 6) is 0.0723. The minimum atomic E-state index is 0.0723. The Morgan fingerprint density at radius 1 is 0.889 bits per heavy atom. The van der Waals surface area contributed by atoms with E-state index in [2.05, 4.69) is 15.9 Å². The zero-order valence-corrected chi connectivity index (χ0v) is 12.3. The minimum absolute atomic E-state index is 0.0723. The summed E-state index contributed by atoms with van der Waals surface area (Å²) in [7, 11) is 0. The van der Waals surface area contributed by atoms with E-state index in [4.69, 9.17) is 0 Å². The third-order valence-corrected chi connectivity index (χ3v) is 3.66. The molecule has 0 unspecified atom stereocenters. The Bertz CT molecular complexity index is 614. The Balaban J connectivity index is 2.51. The lowest BCUT2D eigenvalue weighted by atomic mass is 9.97. The molecule has 18 heavy (non-hydrogen) atoms. The number of rotatable bonds is 2. The molecule has 0 saturated heterocycles. The molecule has 0 aromatic heterocycles. The van der Waals surface area contributed by atoms with Gasteiger partial charge in [-0.05, 0) is 50.1 Å². The molecule has 0 fully saturated rings. The van der Waals surface area contributed by atoms with Crippen LogP contribution >= 0.6 is 15.9 Å². The van der Waals surface area contributed by atoms with Crippen LogP contribution in [0.25, 0.3) is 0 Å². The predicted molar refractivity (Wildman–Crippen MR) is 78.2 cm³/mol. The highest BCUT2D eigenvalue weighted by atomic mass is 79.9. The molecule has 0 bridgehead atoms. The Hall–Kier alpha value is -1.41. The molecule has 0 atom stereocenters. The maximum absolute atomic E-state index is 12.5. The summed E-state index contributed by atoms with van der Waals surface area (Å²) in [6.07, 6.45) is 0. The maximum atomic E-state index is 12.5. The van der Waals surface area contributed by atoms with E-state index in [1.54, 1.807) is 0 Å².